The molecule has 94 valence electrons. The number of aryl methyl sites for hydroxylation is 1. The predicted octanol–water partition coefficient (Wildman–Crippen LogP) is 3.22. The number of benzene rings is 1. The van der Waals surface area contributed by atoms with Crippen LogP contribution in [0.1, 0.15) is 24.7 Å². The lowest BCUT2D eigenvalue weighted by Crippen LogP contribution is -2.10. The highest BCUT2D eigenvalue weighted by Crippen LogP contribution is 2.22. The Morgan fingerprint density at radius 1 is 1.50 bits per heavy atom. The summed E-state index contributed by atoms with van der Waals surface area (Å²) in [5, 5.41) is 0. The van der Waals surface area contributed by atoms with Crippen LogP contribution in [0.25, 0.3) is 5.69 Å². The van der Waals surface area contributed by atoms with E-state index in [9.17, 15) is 0 Å². The highest BCUT2D eigenvalue weighted by Gasteiger charge is 2.08. The second-order valence-corrected chi connectivity index (χ2v) is 5.29. The molecule has 18 heavy (non-hydrogen) atoms. The quantitative estimate of drug-likeness (QED) is 0.878. The number of nitrogens with two attached hydrogens (primary N) is 1. The van der Waals surface area contributed by atoms with Gasteiger partial charge in [0.05, 0.1) is 0 Å². The zero-order valence-electron chi connectivity index (χ0n) is 10.1. The van der Waals surface area contributed by atoms with E-state index in [4.69, 9.17) is 18.0 Å². The Kier molecular flexibility index (Phi) is 4.14. The van der Waals surface area contributed by atoms with Gasteiger partial charge in [-0.25, -0.2) is 4.98 Å². The van der Waals surface area contributed by atoms with Crippen LogP contribution in [-0.4, -0.2) is 14.5 Å². The number of imidazole rings is 1. The fourth-order valence-corrected chi connectivity index (χ4v) is 2.72. The fraction of sp³-hybridized carbons (Fsp3) is 0.231. The summed E-state index contributed by atoms with van der Waals surface area (Å²) in [6.07, 6.45) is 5.82. The molecule has 0 fully saturated rings. The molecule has 0 unspecified atom stereocenters. The summed E-state index contributed by atoms with van der Waals surface area (Å²) in [6, 6.07) is 5.94. The Bertz CT molecular complexity index is 577. The van der Waals surface area contributed by atoms with E-state index < -0.39 is 0 Å². The first kappa shape index (κ1) is 13.2. The minimum atomic E-state index is 0.396. The van der Waals surface area contributed by atoms with Crippen LogP contribution in [0, 0.1) is 0 Å². The van der Waals surface area contributed by atoms with Gasteiger partial charge < -0.3 is 10.3 Å². The van der Waals surface area contributed by atoms with E-state index in [2.05, 4.69) is 32.4 Å². The SMILES string of the molecule is CCCc1nccn1-c1ccc(C(N)=S)c(Br)c1. The van der Waals surface area contributed by atoms with Crippen molar-refractivity contribution in [2.45, 2.75) is 19.8 Å². The summed E-state index contributed by atoms with van der Waals surface area (Å²) in [6.45, 7) is 2.14. The predicted molar refractivity (Wildman–Crippen MR) is 81.1 cm³/mol. The summed E-state index contributed by atoms with van der Waals surface area (Å²) < 4.78 is 2.99. The molecule has 0 amide bonds. The van der Waals surface area contributed by atoms with Gasteiger partial charge in [0.1, 0.15) is 10.8 Å². The Labute approximate surface area is 120 Å². The van der Waals surface area contributed by atoms with Crippen LogP contribution in [0.5, 0.6) is 0 Å². The van der Waals surface area contributed by atoms with E-state index >= 15 is 0 Å². The third kappa shape index (κ3) is 2.62. The Hall–Kier alpha value is -1.20. The molecule has 0 saturated carbocycles. The Morgan fingerprint density at radius 3 is 2.89 bits per heavy atom. The van der Waals surface area contributed by atoms with E-state index in [1.165, 1.54) is 0 Å². The summed E-state index contributed by atoms with van der Waals surface area (Å²) in [5.74, 6) is 1.06. The Balaban J connectivity index is 2.42. The van der Waals surface area contributed by atoms with Gasteiger partial charge in [-0.1, -0.05) is 19.1 Å². The number of aromatic nitrogens is 2. The molecule has 0 radical (unpaired) electrons. The average Bonchev–Trinajstić information content (AvgIpc) is 2.77. The molecule has 3 nitrogen and oxygen atoms in total. The molecule has 1 heterocycles. The van der Waals surface area contributed by atoms with Crippen LogP contribution in [-0.2, 0) is 6.42 Å². The maximum Gasteiger partial charge on any atom is 0.113 e. The molecule has 2 aromatic rings. The van der Waals surface area contributed by atoms with E-state index in [0.29, 0.717) is 4.99 Å². The van der Waals surface area contributed by atoms with Gasteiger partial charge in [0.25, 0.3) is 0 Å². The van der Waals surface area contributed by atoms with Gasteiger partial charge in [-0.05, 0) is 40.5 Å². The van der Waals surface area contributed by atoms with Crippen molar-refractivity contribution in [2.75, 3.05) is 0 Å². The summed E-state index contributed by atoms with van der Waals surface area (Å²) in [7, 11) is 0. The molecule has 0 aliphatic carbocycles. The van der Waals surface area contributed by atoms with Crippen molar-refractivity contribution >= 4 is 33.1 Å². The zero-order chi connectivity index (χ0) is 13.1. The van der Waals surface area contributed by atoms with Crippen molar-refractivity contribution in [3.05, 3.63) is 46.5 Å². The molecule has 2 N–H and O–H groups in total. The van der Waals surface area contributed by atoms with Crippen LogP contribution in [0.4, 0.5) is 0 Å². The van der Waals surface area contributed by atoms with Gasteiger partial charge in [0.2, 0.25) is 0 Å². The molecule has 1 aromatic carbocycles. The van der Waals surface area contributed by atoms with Crippen molar-refractivity contribution in [2.24, 2.45) is 5.73 Å². The largest absolute Gasteiger partial charge is 0.389 e. The fourth-order valence-electron chi connectivity index (χ4n) is 1.83. The number of rotatable bonds is 4. The molecular formula is C13H14BrN3S. The van der Waals surface area contributed by atoms with Gasteiger partial charge >= 0.3 is 0 Å². The van der Waals surface area contributed by atoms with Gasteiger partial charge in [-0.2, -0.15) is 0 Å². The van der Waals surface area contributed by atoms with Crippen molar-refractivity contribution in [1.29, 1.82) is 0 Å². The second-order valence-electron chi connectivity index (χ2n) is 3.99. The van der Waals surface area contributed by atoms with Crippen molar-refractivity contribution in [1.82, 2.24) is 9.55 Å². The summed E-state index contributed by atoms with van der Waals surface area (Å²) >= 11 is 8.48. The van der Waals surface area contributed by atoms with Crippen LogP contribution >= 0.6 is 28.1 Å². The van der Waals surface area contributed by atoms with Gasteiger partial charge in [0.15, 0.2) is 0 Å². The van der Waals surface area contributed by atoms with Crippen molar-refractivity contribution < 1.29 is 0 Å². The zero-order valence-corrected chi connectivity index (χ0v) is 12.5. The van der Waals surface area contributed by atoms with Gasteiger partial charge in [0, 0.05) is 34.5 Å². The first-order valence-corrected chi connectivity index (χ1v) is 6.95. The third-order valence-corrected chi connectivity index (χ3v) is 3.56. The molecule has 2 rings (SSSR count). The van der Waals surface area contributed by atoms with Crippen LogP contribution in [0.15, 0.2) is 35.1 Å². The monoisotopic (exact) mass is 323 g/mol. The van der Waals surface area contributed by atoms with Crippen LogP contribution < -0.4 is 5.73 Å². The first-order chi connectivity index (χ1) is 8.63. The lowest BCUT2D eigenvalue weighted by molar-refractivity contribution is 0.809. The lowest BCUT2D eigenvalue weighted by atomic mass is 10.2. The molecule has 0 spiro atoms. The maximum atomic E-state index is 5.64. The smallest absolute Gasteiger partial charge is 0.113 e. The van der Waals surface area contributed by atoms with Gasteiger partial charge in [-0.3, -0.25) is 0 Å². The summed E-state index contributed by atoms with van der Waals surface area (Å²) in [4.78, 5) is 4.76. The molecule has 1 aromatic heterocycles. The average molecular weight is 324 g/mol. The number of halogens is 1. The minimum absolute atomic E-state index is 0.396. The van der Waals surface area contributed by atoms with Crippen molar-refractivity contribution in [3.63, 3.8) is 0 Å². The van der Waals surface area contributed by atoms with Crippen LogP contribution in [0.2, 0.25) is 0 Å². The molecule has 0 bridgehead atoms. The van der Waals surface area contributed by atoms with Crippen molar-refractivity contribution in [3.8, 4) is 5.69 Å². The Morgan fingerprint density at radius 2 is 2.28 bits per heavy atom. The number of hydrogen-bond donors (Lipinski definition) is 1. The summed E-state index contributed by atoms with van der Waals surface area (Å²) in [5.41, 5.74) is 7.55. The number of nitrogens with zero attached hydrogens (tertiary/aromatic N) is 2. The van der Waals surface area contributed by atoms with Crippen LogP contribution in [0.3, 0.4) is 0 Å². The standard InChI is InChI=1S/C13H14BrN3S/c1-2-3-12-16-6-7-17(12)9-4-5-10(13(15)18)11(14)8-9/h4-8H,2-3H2,1H3,(H2,15,18). The first-order valence-electron chi connectivity index (χ1n) is 5.75. The van der Waals surface area contributed by atoms with E-state index in [0.717, 1.165) is 34.4 Å². The molecule has 0 saturated heterocycles. The minimum Gasteiger partial charge on any atom is -0.389 e. The molecule has 5 heteroatoms. The second kappa shape index (κ2) is 5.63. The highest BCUT2D eigenvalue weighted by atomic mass is 79.9. The third-order valence-electron chi connectivity index (χ3n) is 2.69. The lowest BCUT2D eigenvalue weighted by Gasteiger charge is -2.09. The van der Waals surface area contributed by atoms with E-state index in [-0.39, 0.29) is 0 Å². The normalized spacial score (nSPS) is 10.6. The van der Waals surface area contributed by atoms with E-state index in [1.807, 2.05) is 30.6 Å². The topological polar surface area (TPSA) is 43.8 Å². The number of thiocarbonyl (C=S) groups is 1. The van der Waals surface area contributed by atoms with Gasteiger partial charge in [-0.15, -0.1) is 0 Å². The van der Waals surface area contributed by atoms with E-state index in [1.54, 1.807) is 0 Å². The molecular weight excluding hydrogens is 310 g/mol. The number of hydrogen-bond acceptors (Lipinski definition) is 2. The maximum absolute atomic E-state index is 5.64. The molecule has 0 atom stereocenters. The molecule has 0 aliphatic heterocycles. The molecule has 0 aliphatic rings. The highest BCUT2D eigenvalue weighted by molar-refractivity contribution is 9.10.